The first-order valence-corrected chi connectivity index (χ1v) is 8.68. The first-order valence-electron chi connectivity index (χ1n) is 8.68. The number of hydrogen-bond donors (Lipinski definition) is 1. The highest BCUT2D eigenvalue weighted by Crippen LogP contribution is 2.28. The lowest BCUT2D eigenvalue weighted by atomic mass is 10.0. The Hall–Kier alpha value is -1.83. The molecule has 1 N–H and O–H groups in total. The number of carbonyl (C=O) groups excluding carboxylic acids is 1. The third-order valence-corrected chi connectivity index (χ3v) is 4.46. The van der Waals surface area contributed by atoms with E-state index in [1.165, 1.54) is 37.1 Å². The lowest BCUT2D eigenvalue weighted by molar-refractivity contribution is -0.139. The second-order valence-electron chi connectivity index (χ2n) is 6.35. The second kappa shape index (κ2) is 10.4. The lowest BCUT2D eigenvalue weighted by Gasteiger charge is -2.20. The van der Waals surface area contributed by atoms with E-state index in [-0.39, 0.29) is 11.7 Å². The van der Waals surface area contributed by atoms with Gasteiger partial charge in [-0.15, -0.1) is 0 Å². The number of benzene rings is 1. The van der Waals surface area contributed by atoms with Gasteiger partial charge in [-0.25, -0.2) is 0 Å². The van der Waals surface area contributed by atoms with Crippen molar-refractivity contribution in [3.8, 4) is 5.75 Å². The molecule has 1 aromatic rings. The van der Waals surface area contributed by atoms with Gasteiger partial charge in [-0.2, -0.15) is 17.6 Å². The molecule has 1 amide bonds. The van der Waals surface area contributed by atoms with Gasteiger partial charge < -0.3 is 14.8 Å². The average molecular weight is 377 g/mol. The van der Waals surface area contributed by atoms with Gasteiger partial charge in [0.25, 0.3) is 0 Å². The first-order chi connectivity index (χ1) is 12.4. The van der Waals surface area contributed by atoms with Gasteiger partial charge in [0.1, 0.15) is 5.75 Å². The molecule has 0 unspecified atom stereocenters. The van der Waals surface area contributed by atoms with E-state index < -0.39 is 25.9 Å². The van der Waals surface area contributed by atoms with Crippen molar-refractivity contribution in [2.45, 2.75) is 57.8 Å². The third-order valence-electron chi connectivity index (χ3n) is 4.46. The van der Waals surface area contributed by atoms with Crippen LogP contribution in [0.4, 0.5) is 17.6 Å². The molecule has 0 saturated heterocycles. The zero-order chi connectivity index (χ0) is 18.9. The van der Waals surface area contributed by atoms with Gasteiger partial charge in [0, 0.05) is 6.42 Å². The van der Waals surface area contributed by atoms with E-state index in [0.29, 0.717) is 17.9 Å². The van der Waals surface area contributed by atoms with Gasteiger partial charge in [-0.05, 0) is 30.0 Å². The van der Waals surface area contributed by atoms with Gasteiger partial charge in [0.15, 0.2) is 0 Å². The fraction of sp³-hybridized carbons (Fsp3) is 0.611. The molecule has 0 bridgehead atoms. The van der Waals surface area contributed by atoms with Crippen LogP contribution in [-0.2, 0) is 9.53 Å². The highest BCUT2D eigenvalue weighted by molar-refractivity contribution is 5.76. The monoisotopic (exact) mass is 377 g/mol. The molecule has 1 aromatic carbocycles. The standard InChI is InChI=1S/C18H23F4NO3/c19-17(20)25-11-15(13-6-3-7-14(10-13)26-18(21)22)23-16(24)9-8-12-4-1-2-5-12/h3,6-7,10,12,15,17-18H,1-2,4-5,8-9,11H2,(H,23,24)/t15-/m0/s1. The number of ether oxygens (including phenoxy) is 2. The van der Waals surface area contributed by atoms with E-state index in [0.717, 1.165) is 19.3 Å². The topological polar surface area (TPSA) is 47.6 Å². The number of hydrogen-bond acceptors (Lipinski definition) is 3. The molecule has 1 atom stereocenters. The fourth-order valence-electron chi connectivity index (χ4n) is 3.20. The molecule has 0 radical (unpaired) electrons. The number of nitrogens with one attached hydrogen (secondary N) is 1. The van der Waals surface area contributed by atoms with E-state index in [2.05, 4.69) is 14.8 Å². The Morgan fingerprint density at radius 2 is 1.88 bits per heavy atom. The number of alkyl halides is 4. The van der Waals surface area contributed by atoms with Crippen molar-refractivity contribution in [3.63, 3.8) is 0 Å². The highest BCUT2D eigenvalue weighted by atomic mass is 19.3. The molecule has 8 heteroatoms. The van der Waals surface area contributed by atoms with Gasteiger partial charge in [-0.1, -0.05) is 37.8 Å². The van der Waals surface area contributed by atoms with Crippen LogP contribution in [0.15, 0.2) is 24.3 Å². The van der Waals surface area contributed by atoms with Crippen molar-refractivity contribution >= 4 is 5.91 Å². The van der Waals surface area contributed by atoms with Crippen LogP contribution in [0.3, 0.4) is 0 Å². The molecule has 1 aliphatic carbocycles. The number of halogens is 4. The van der Waals surface area contributed by atoms with Crippen LogP contribution in [0, 0.1) is 5.92 Å². The summed E-state index contributed by atoms with van der Waals surface area (Å²) in [5.74, 6) is 0.138. The van der Waals surface area contributed by atoms with Crippen LogP contribution in [0.5, 0.6) is 5.75 Å². The maximum Gasteiger partial charge on any atom is 0.387 e. The number of carbonyl (C=O) groups is 1. The van der Waals surface area contributed by atoms with Crippen molar-refractivity contribution in [2.75, 3.05) is 6.61 Å². The van der Waals surface area contributed by atoms with Crippen LogP contribution >= 0.6 is 0 Å². The lowest BCUT2D eigenvalue weighted by Crippen LogP contribution is -2.32. The van der Waals surface area contributed by atoms with Crippen LogP contribution in [0.2, 0.25) is 0 Å². The van der Waals surface area contributed by atoms with E-state index in [1.807, 2.05) is 0 Å². The average Bonchev–Trinajstić information content (AvgIpc) is 3.09. The minimum Gasteiger partial charge on any atom is -0.435 e. The molecular formula is C18H23F4NO3. The minimum absolute atomic E-state index is 0.111. The maximum atomic E-state index is 12.4. The Kier molecular flexibility index (Phi) is 8.15. The van der Waals surface area contributed by atoms with Crippen molar-refractivity contribution < 1.29 is 31.8 Å². The summed E-state index contributed by atoms with van der Waals surface area (Å²) in [6.45, 7) is -6.46. The molecule has 4 nitrogen and oxygen atoms in total. The molecule has 0 heterocycles. The van der Waals surface area contributed by atoms with Gasteiger partial charge >= 0.3 is 13.2 Å². The Bertz CT molecular complexity index is 565. The predicted octanol–water partition coefficient (Wildman–Crippen LogP) is 4.65. The van der Waals surface area contributed by atoms with Crippen LogP contribution in [0.1, 0.15) is 50.1 Å². The zero-order valence-electron chi connectivity index (χ0n) is 14.3. The van der Waals surface area contributed by atoms with E-state index in [4.69, 9.17) is 0 Å². The molecule has 1 aliphatic rings. The second-order valence-corrected chi connectivity index (χ2v) is 6.35. The Balaban J connectivity index is 1.98. The first kappa shape index (κ1) is 20.5. The van der Waals surface area contributed by atoms with Crippen molar-refractivity contribution in [2.24, 2.45) is 5.92 Å². The molecule has 26 heavy (non-hydrogen) atoms. The van der Waals surface area contributed by atoms with Crippen LogP contribution < -0.4 is 10.1 Å². The van der Waals surface area contributed by atoms with Crippen molar-refractivity contribution in [1.82, 2.24) is 5.32 Å². The molecule has 0 aliphatic heterocycles. The quantitative estimate of drug-likeness (QED) is 0.604. The number of rotatable bonds is 10. The summed E-state index contributed by atoms with van der Waals surface area (Å²) in [4.78, 5) is 12.2. The summed E-state index contributed by atoms with van der Waals surface area (Å²) in [6, 6.07) is 4.72. The van der Waals surface area contributed by atoms with Gasteiger partial charge in [-0.3, -0.25) is 4.79 Å². The summed E-state index contributed by atoms with van der Waals surface area (Å²) in [7, 11) is 0. The molecule has 1 saturated carbocycles. The Labute approximate surface area is 149 Å². The van der Waals surface area contributed by atoms with Crippen LogP contribution in [0.25, 0.3) is 0 Å². The summed E-state index contributed by atoms with van der Waals surface area (Å²) in [6.07, 6.45) is 5.62. The Morgan fingerprint density at radius 1 is 1.15 bits per heavy atom. The Morgan fingerprint density at radius 3 is 2.54 bits per heavy atom. The molecule has 2 rings (SSSR count). The molecule has 1 fully saturated rings. The van der Waals surface area contributed by atoms with Crippen LogP contribution in [-0.4, -0.2) is 25.7 Å². The maximum absolute atomic E-state index is 12.4. The van der Waals surface area contributed by atoms with Crippen molar-refractivity contribution in [3.05, 3.63) is 29.8 Å². The van der Waals surface area contributed by atoms with E-state index in [9.17, 15) is 22.4 Å². The molecule has 0 aromatic heterocycles. The van der Waals surface area contributed by atoms with Crippen molar-refractivity contribution in [1.29, 1.82) is 0 Å². The SMILES string of the molecule is O=C(CCC1CCCC1)N[C@@H](COC(F)F)c1cccc(OC(F)F)c1. The van der Waals surface area contributed by atoms with Gasteiger partial charge in [0.2, 0.25) is 5.91 Å². The van der Waals surface area contributed by atoms with E-state index >= 15 is 0 Å². The minimum atomic E-state index is -3.00. The largest absolute Gasteiger partial charge is 0.435 e. The molecule has 146 valence electrons. The summed E-state index contributed by atoms with van der Waals surface area (Å²) in [5.41, 5.74) is 0.359. The molecule has 0 spiro atoms. The fourth-order valence-corrected chi connectivity index (χ4v) is 3.20. The smallest absolute Gasteiger partial charge is 0.387 e. The van der Waals surface area contributed by atoms with E-state index in [1.54, 1.807) is 0 Å². The normalized spacial score (nSPS) is 16.2. The third kappa shape index (κ3) is 7.19. The predicted molar refractivity (Wildman–Crippen MR) is 87.1 cm³/mol. The molecular weight excluding hydrogens is 354 g/mol. The summed E-state index contributed by atoms with van der Waals surface area (Å²) < 4.78 is 58.1. The zero-order valence-corrected chi connectivity index (χ0v) is 14.3. The number of amides is 1. The summed E-state index contributed by atoms with van der Waals surface area (Å²) in [5, 5.41) is 2.65. The summed E-state index contributed by atoms with van der Waals surface area (Å²) >= 11 is 0. The highest BCUT2D eigenvalue weighted by Gasteiger charge is 2.20. The van der Waals surface area contributed by atoms with Gasteiger partial charge in [0.05, 0.1) is 12.6 Å².